The van der Waals surface area contributed by atoms with E-state index < -0.39 is 0 Å². The standard InChI is InChI=1S/C13H24N4S/c1-8(18-6)7-15-11-9(2)10(14)16-12(17-11)13(3,4)5/h8H,7H2,1-6H3,(H3,14,15,16,17). The van der Waals surface area contributed by atoms with Crippen LogP contribution in [0.15, 0.2) is 0 Å². The van der Waals surface area contributed by atoms with Crippen LogP contribution in [-0.4, -0.2) is 28.0 Å². The molecule has 1 atom stereocenters. The van der Waals surface area contributed by atoms with Crippen LogP contribution in [0.2, 0.25) is 0 Å². The molecule has 1 heterocycles. The molecule has 0 amide bonds. The number of rotatable bonds is 4. The van der Waals surface area contributed by atoms with Gasteiger partial charge in [-0.3, -0.25) is 0 Å². The average Bonchev–Trinajstić information content (AvgIpc) is 2.28. The molecule has 0 saturated carbocycles. The Hall–Kier alpha value is -0.970. The Morgan fingerprint density at radius 1 is 1.33 bits per heavy atom. The lowest BCUT2D eigenvalue weighted by Gasteiger charge is -2.20. The third-order valence-corrected chi connectivity index (χ3v) is 3.79. The molecule has 0 aliphatic heterocycles. The Balaban J connectivity index is 3.00. The van der Waals surface area contributed by atoms with E-state index in [1.54, 1.807) is 0 Å². The molecule has 0 aliphatic carbocycles. The van der Waals surface area contributed by atoms with Gasteiger partial charge in [-0.15, -0.1) is 0 Å². The van der Waals surface area contributed by atoms with Gasteiger partial charge in [-0.05, 0) is 13.2 Å². The number of hydrogen-bond donors (Lipinski definition) is 2. The lowest BCUT2D eigenvalue weighted by Crippen LogP contribution is -2.21. The maximum atomic E-state index is 5.96. The van der Waals surface area contributed by atoms with Crippen molar-refractivity contribution in [3.63, 3.8) is 0 Å². The first-order chi connectivity index (χ1) is 8.25. The summed E-state index contributed by atoms with van der Waals surface area (Å²) in [4.78, 5) is 8.97. The molecule has 0 fully saturated rings. The minimum atomic E-state index is -0.0939. The van der Waals surface area contributed by atoms with Crippen molar-refractivity contribution in [2.75, 3.05) is 23.9 Å². The molecule has 1 aromatic heterocycles. The highest BCUT2D eigenvalue weighted by Crippen LogP contribution is 2.24. The number of thioether (sulfide) groups is 1. The van der Waals surface area contributed by atoms with Crippen LogP contribution in [0.4, 0.5) is 11.6 Å². The predicted molar refractivity (Wildman–Crippen MR) is 81.3 cm³/mol. The highest BCUT2D eigenvalue weighted by molar-refractivity contribution is 7.99. The van der Waals surface area contributed by atoms with E-state index in [2.05, 4.69) is 49.2 Å². The summed E-state index contributed by atoms with van der Waals surface area (Å²) in [5.41, 5.74) is 6.79. The second kappa shape index (κ2) is 5.78. The van der Waals surface area contributed by atoms with Gasteiger partial charge in [0.25, 0.3) is 0 Å². The monoisotopic (exact) mass is 268 g/mol. The van der Waals surface area contributed by atoms with Crippen LogP contribution in [-0.2, 0) is 5.41 Å². The van der Waals surface area contributed by atoms with Crippen LogP contribution < -0.4 is 11.1 Å². The molecule has 1 unspecified atom stereocenters. The van der Waals surface area contributed by atoms with Gasteiger partial charge in [-0.1, -0.05) is 27.7 Å². The van der Waals surface area contributed by atoms with Crippen LogP contribution in [0.3, 0.4) is 0 Å². The summed E-state index contributed by atoms with van der Waals surface area (Å²) in [5.74, 6) is 2.20. The number of nitrogens with zero attached hydrogens (tertiary/aromatic N) is 2. The van der Waals surface area contributed by atoms with E-state index in [-0.39, 0.29) is 5.41 Å². The minimum absolute atomic E-state index is 0.0939. The quantitative estimate of drug-likeness (QED) is 0.879. The van der Waals surface area contributed by atoms with Crippen LogP contribution in [0.1, 0.15) is 39.1 Å². The summed E-state index contributed by atoms with van der Waals surface area (Å²) < 4.78 is 0. The van der Waals surface area contributed by atoms with Crippen molar-refractivity contribution < 1.29 is 0 Å². The zero-order chi connectivity index (χ0) is 13.9. The van der Waals surface area contributed by atoms with Crippen molar-refractivity contribution in [1.82, 2.24) is 9.97 Å². The second-order valence-electron chi connectivity index (χ2n) is 5.58. The van der Waals surface area contributed by atoms with Crippen molar-refractivity contribution in [2.24, 2.45) is 0 Å². The molecule has 0 aromatic carbocycles. The molecular formula is C13H24N4S. The van der Waals surface area contributed by atoms with Gasteiger partial charge < -0.3 is 11.1 Å². The van der Waals surface area contributed by atoms with E-state index in [0.29, 0.717) is 11.1 Å². The zero-order valence-electron chi connectivity index (χ0n) is 12.2. The highest BCUT2D eigenvalue weighted by Gasteiger charge is 2.20. The molecule has 0 radical (unpaired) electrons. The van der Waals surface area contributed by atoms with Crippen molar-refractivity contribution in [1.29, 1.82) is 0 Å². The van der Waals surface area contributed by atoms with Crippen molar-refractivity contribution in [2.45, 2.75) is 45.3 Å². The van der Waals surface area contributed by atoms with Gasteiger partial charge in [-0.25, -0.2) is 9.97 Å². The number of aromatic nitrogens is 2. The van der Waals surface area contributed by atoms with E-state index in [9.17, 15) is 0 Å². The fourth-order valence-corrected chi connectivity index (χ4v) is 1.62. The van der Waals surface area contributed by atoms with Crippen LogP contribution in [0, 0.1) is 6.92 Å². The molecule has 5 heteroatoms. The first-order valence-corrected chi connectivity index (χ1v) is 7.45. The largest absolute Gasteiger partial charge is 0.383 e. The Morgan fingerprint density at radius 2 is 1.94 bits per heavy atom. The molecule has 0 spiro atoms. The van der Waals surface area contributed by atoms with Crippen molar-refractivity contribution in [3.8, 4) is 0 Å². The fraction of sp³-hybridized carbons (Fsp3) is 0.692. The summed E-state index contributed by atoms with van der Waals surface area (Å²) in [6.45, 7) is 11.3. The summed E-state index contributed by atoms with van der Waals surface area (Å²) in [6, 6.07) is 0. The maximum Gasteiger partial charge on any atom is 0.138 e. The van der Waals surface area contributed by atoms with Gasteiger partial charge in [0.05, 0.1) is 0 Å². The summed E-state index contributed by atoms with van der Waals surface area (Å²) in [5, 5.41) is 3.91. The molecule has 4 nitrogen and oxygen atoms in total. The Morgan fingerprint density at radius 3 is 2.44 bits per heavy atom. The first kappa shape index (κ1) is 15.1. The average molecular weight is 268 g/mol. The lowest BCUT2D eigenvalue weighted by atomic mass is 9.95. The van der Waals surface area contributed by atoms with Gasteiger partial charge in [-0.2, -0.15) is 11.8 Å². The molecule has 102 valence electrons. The molecule has 0 bridgehead atoms. The van der Waals surface area contributed by atoms with Crippen molar-refractivity contribution in [3.05, 3.63) is 11.4 Å². The molecule has 0 aliphatic rings. The number of anilines is 2. The van der Waals surface area contributed by atoms with Gasteiger partial charge in [0.15, 0.2) is 0 Å². The Labute approximate surface area is 114 Å². The number of hydrogen-bond acceptors (Lipinski definition) is 5. The van der Waals surface area contributed by atoms with Crippen LogP contribution >= 0.6 is 11.8 Å². The molecule has 1 aromatic rings. The fourth-order valence-electron chi connectivity index (χ4n) is 1.37. The third kappa shape index (κ3) is 3.77. The SMILES string of the molecule is CSC(C)CNc1nc(C(C)(C)C)nc(N)c1C. The number of nitrogen functional groups attached to an aromatic ring is 1. The molecule has 0 saturated heterocycles. The lowest BCUT2D eigenvalue weighted by molar-refractivity contribution is 0.546. The van der Waals surface area contributed by atoms with Gasteiger partial charge in [0.1, 0.15) is 17.5 Å². The zero-order valence-corrected chi connectivity index (χ0v) is 13.0. The van der Waals surface area contributed by atoms with E-state index in [0.717, 1.165) is 23.8 Å². The van der Waals surface area contributed by atoms with E-state index in [1.165, 1.54) is 0 Å². The Kier molecular flexibility index (Phi) is 4.85. The number of nitrogens with one attached hydrogen (secondary N) is 1. The van der Waals surface area contributed by atoms with E-state index in [4.69, 9.17) is 5.73 Å². The summed E-state index contributed by atoms with van der Waals surface area (Å²) in [7, 11) is 0. The summed E-state index contributed by atoms with van der Waals surface area (Å²) in [6.07, 6.45) is 2.11. The van der Waals surface area contributed by atoms with Gasteiger partial charge in [0, 0.05) is 22.8 Å². The maximum absolute atomic E-state index is 5.96. The van der Waals surface area contributed by atoms with Gasteiger partial charge >= 0.3 is 0 Å². The smallest absolute Gasteiger partial charge is 0.138 e. The van der Waals surface area contributed by atoms with E-state index >= 15 is 0 Å². The van der Waals surface area contributed by atoms with Crippen LogP contribution in [0.25, 0.3) is 0 Å². The molecule has 3 N–H and O–H groups in total. The Bertz CT molecular complexity index is 412. The second-order valence-corrected chi connectivity index (χ2v) is 6.86. The summed E-state index contributed by atoms with van der Waals surface area (Å²) >= 11 is 1.83. The van der Waals surface area contributed by atoms with E-state index in [1.807, 2.05) is 18.7 Å². The molecule has 1 rings (SSSR count). The molecule has 18 heavy (non-hydrogen) atoms. The van der Waals surface area contributed by atoms with Crippen molar-refractivity contribution >= 4 is 23.4 Å². The predicted octanol–water partition coefficient (Wildman–Crippen LogP) is 2.83. The third-order valence-electron chi connectivity index (χ3n) is 2.81. The highest BCUT2D eigenvalue weighted by atomic mass is 32.2. The minimum Gasteiger partial charge on any atom is -0.383 e. The number of nitrogens with two attached hydrogens (primary N) is 1. The normalized spacial score (nSPS) is 13.4. The van der Waals surface area contributed by atoms with Gasteiger partial charge in [0.2, 0.25) is 0 Å². The first-order valence-electron chi connectivity index (χ1n) is 6.17. The molecular weight excluding hydrogens is 244 g/mol. The van der Waals surface area contributed by atoms with Crippen LogP contribution in [0.5, 0.6) is 0 Å². The topological polar surface area (TPSA) is 63.8 Å².